The zero-order valence-electron chi connectivity index (χ0n) is 14.4. The molecule has 1 amide bonds. The second-order valence-corrected chi connectivity index (χ2v) is 5.18. The zero-order valence-corrected chi connectivity index (χ0v) is 14.4. The van der Waals surface area contributed by atoms with Crippen LogP contribution in [0.2, 0.25) is 0 Å². The number of anilines is 1. The van der Waals surface area contributed by atoms with Crippen LogP contribution in [0.1, 0.15) is 5.56 Å². The highest BCUT2D eigenvalue weighted by Gasteiger charge is 2.13. The maximum Gasteiger partial charge on any atom is 0.266 e. The van der Waals surface area contributed by atoms with E-state index in [0.717, 1.165) is 18.2 Å². The number of ether oxygens (including phenoxy) is 2. The van der Waals surface area contributed by atoms with Gasteiger partial charge in [0, 0.05) is 17.8 Å². The molecular weight excluding hydrogens is 354 g/mol. The van der Waals surface area contributed by atoms with Crippen LogP contribution in [0.4, 0.5) is 11.4 Å². The molecule has 0 radical (unpaired) electrons. The number of rotatable bonds is 6. The summed E-state index contributed by atoms with van der Waals surface area (Å²) in [6, 6.07) is 9.69. The second kappa shape index (κ2) is 8.35. The lowest BCUT2D eigenvalue weighted by atomic mass is 10.1. The first-order valence-corrected chi connectivity index (χ1v) is 7.50. The number of benzene rings is 2. The number of hydrogen-bond acceptors (Lipinski definition) is 7. The van der Waals surface area contributed by atoms with E-state index in [1.165, 1.54) is 26.4 Å². The Morgan fingerprint density at radius 2 is 1.89 bits per heavy atom. The molecule has 0 aromatic heterocycles. The molecule has 138 valence electrons. The number of nitriles is 1. The van der Waals surface area contributed by atoms with E-state index >= 15 is 0 Å². The first-order valence-electron chi connectivity index (χ1n) is 7.50. The van der Waals surface area contributed by atoms with Crippen LogP contribution in [0, 0.1) is 21.4 Å². The van der Waals surface area contributed by atoms with Crippen molar-refractivity contribution in [2.24, 2.45) is 0 Å². The third kappa shape index (κ3) is 4.52. The summed E-state index contributed by atoms with van der Waals surface area (Å²) in [5.41, 5.74) is -0.390. The van der Waals surface area contributed by atoms with E-state index in [9.17, 15) is 25.3 Å². The first-order chi connectivity index (χ1) is 12.9. The van der Waals surface area contributed by atoms with Crippen LogP contribution >= 0.6 is 0 Å². The molecule has 0 saturated carbocycles. The molecule has 0 aliphatic rings. The van der Waals surface area contributed by atoms with Gasteiger partial charge in [-0.2, -0.15) is 5.26 Å². The van der Waals surface area contributed by atoms with Crippen LogP contribution in [0.15, 0.2) is 42.0 Å². The Kier molecular flexibility index (Phi) is 5.96. The standard InChI is InChI=1S/C18H15N3O6/c1-26-16-6-4-13(9-17(16)27-2)20-18(23)12(10-19)7-11-3-5-15(22)14(8-11)21(24)25/h3-9,22H,1-2H3,(H,20,23)/p-1/b12-7+. The highest BCUT2D eigenvalue weighted by Crippen LogP contribution is 2.30. The van der Waals surface area contributed by atoms with E-state index in [0.29, 0.717) is 17.2 Å². The maximum atomic E-state index is 12.3. The minimum absolute atomic E-state index is 0.181. The average molecular weight is 368 g/mol. The van der Waals surface area contributed by atoms with Gasteiger partial charge in [0.1, 0.15) is 11.6 Å². The molecule has 9 nitrogen and oxygen atoms in total. The molecule has 0 atom stereocenters. The van der Waals surface area contributed by atoms with E-state index < -0.39 is 22.3 Å². The van der Waals surface area contributed by atoms with Crippen molar-refractivity contribution in [2.45, 2.75) is 0 Å². The summed E-state index contributed by atoms with van der Waals surface area (Å²) in [5.74, 6) is -0.625. The number of nitro groups is 1. The van der Waals surface area contributed by atoms with Gasteiger partial charge in [-0.15, -0.1) is 0 Å². The van der Waals surface area contributed by atoms with Gasteiger partial charge < -0.3 is 19.9 Å². The van der Waals surface area contributed by atoms with E-state index in [-0.39, 0.29) is 11.1 Å². The van der Waals surface area contributed by atoms with E-state index in [4.69, 9.17) is 9.47 Å². The molecule has 0 bridgehead atoms. The molecule has 0 aliphatic carbocycles. The van der Waals surface area contributed by atoms with E-state index in [1.54, 1.807) is 18.2 Å². The number of carbonyl (C=O) groups is 1. The molecule has 2 rings (SSSR count). The van der Waals surface area contributed by atoms with Crippen molar-refractivity contribution in [1.29, 1.82) is 5.26 Å². The third-order valence-electron chi connectivity index (χ3n) is 3.50. The van der Waals surface area contributed by atoms with Gasteiger partial charge in [0.25, 0.3) is 11.6 Å². The van der Waals surface area contributed by atoms with Crippen LogP contribution in [0.5, 0.6) is 17.2 Å². The predicted octanol–water partition coefficient (Wildman–Crippen LogP) is 2.23. The summed E-state index contributed by atoms with van der Waals surface area (Å²) in [5, 5.41) is 34.0. The number of amides is 1. The summed E-state index contributed by atoms with van der Waals surface area (Å²) in [7, 11) is 2.91. The highest BCUT2D eigenvalue weighted by atomic mass is 16.6. The fourth-order valence-corrected chi connectivity index (χ4v) is 2.19. The molecular formula is C18H14N3O6-. The summed E-state index contributed by atoms with van der Waals surface area (Å²) in [6.07, 6.45) is 1.16. The van der Waals surface area contributed by atoms with Crippen molar-refractivity contribution in [3.05, 3.63) is 57.6 Å². The minimum Gasteiger partial charge on any atom is -0.868 e. The molecule has 1 N–H and O–H groups in total. The average Bonchev–Trinajstić information content (AvgIpc) is 2.66. The fraction of sp³-hybridized carbons (Fsp3) is 0.111. The second-order valence-electron chi connectivity index (χ2n) is 5.18. The Hall–Kier alpha value is -4.06. The number of hydrogen-bond donors (Lipinski definition) is 1. The molecule has 0 aliphatic heterocycles. The Morgan fingerprint density at radius 3 is 2.48 bits per heavy atom. The summed E-state index contributed by atoms with van der Waals surface area (Å²) in [6.45, 7) is 0. The van der Waals surface area contributed by atoms with Crippen molar-refractivity contribution in [2.75, 3.05) is 19.5 Å². The van der Waals surface area contributed by atoms with Crippen molar-refractivity contribution in [3.8, 4) is 23.3 Å². The van der Waals surface area contributed by atoms with Crippen molar-refractivity contribution in [1.82, 2.24) is 0 Å². The number of nitro benzene ring substituents is 1. The van der Waals surface area contributed by atoms with Gasteiger partial charge in [0.2, 0.25) is 0 Å². The van der Waals surface area contributed by atoms with Gasteiger partial charge in [-0.3, -0.25) is 14.9 Å². The Labute approximate surface area is 154 Å². The number of carbonyl (C=O) groups excluding carboxylic acids is 1. The van der Waals surface area contributed by atoms with Gasteiger partial charge in [-0.05, 0) is 29.5 Å². The largest absolute Gasteiger partial charge is 0.868 e. The first kappa shape index (κ1) is 19.3. The van der Waals surface area contributed by atoms with Crippen LogP contribution in [0.3, 0.4) is 0 Å². The van der Waals surface area contributed by atoms with Gasteiger partial charge in [-0.1, -0.05) is 12.1 Å². The van der Waals surface area contributed by atoms with Gasteiger partial charge in [-0.25, -0.2) is 0 Å². The molecule has 0 heterocycles. The van der Waals surface area contributed by atoms with Gasteiger partial charge in [0.15, 0.2) is 11.5 Å². The highest BCUT2D eigenvalue weighted by molar-refractivity contribution is 6.09. The maximum absolute atomic E-state index is 12.3. The Balaban J connectivity index is 2.29. The van der Waals surface area contributed by atoms with Gasteiger partial charge in [0.05, 0.1) is 19.1 Å². The van der Waals surface area contributed by atoms with Crippen molar-refractivity contribution >= 4 is 23.4 Å². The summed E-state index contributed by atoms with van der Waals surface area (Å²) in [4.78, 5) is 22.3. The lowest BCUT2D eigenvalue weighted by Gasteiger charge is -2.10. The molecule has 0 spiro atoms. The molecule has 2 aromatic rings. The summed E-state index contributed by atoms with van der Waals surface area (Å²) < 4.78 is 10.2. The number of methoxy groups -OCH3 is 2. The Morgan fingerprint density at radius 1 is 1.19 bits per heavy atom. The molecule has 27 heavy (non-hydrogen) atoms. The lowest BCUT2D eigenvalue weighted by Crippen LogP contribution is -2.13. The van der Waals surface area contributed by atoms with Crippen LogP contribution in [-0.2, 0) is 4.79 Å². The number of nitrogens with zero attached hydrogens (tertiary/aromatic N) is 2. The number of nitrogens with one attached hydrogen (secondary N) is 1. The third-order valence-corrected chi connectivity index (χ3v) is 3.50. The van der Waals surface area contributed by atoms with Crippen molar-refractivity contribution < 1.29 is 24.3 Å². The van der Waals surface area contributed by atoms with Crippen molar-refractivity contribution in [3.63, 3.8) is 0 Å². The molecule has 0 fully saturated rings. The smallest absolute Gasteiger partial charge is 0.266 e. The van der Waals surface area contributed by atoms with Crippen LogP contribution < -0.4 is 19.9 Å². The fourth-order valence-electron chi connectivity index (χ4n) is 2.19. The quantitative estimate of drug-likeness (QED) is 0.357. The van der Waals surface area contributed by atoms with E-state index in [2.05, 4.69) is 5.32 Å². The minimum atomic E-state index is -0.824. The van der Waals surface area contributed by atoms with Crippen LogP contribution in [-0.4, -0.2) is 25.1 Å². The van der Waals surface area contributed by atoms with Crippen LogP contribution in [0.25, 0.3) is 6.08 Å². The lowest BCUT2D eigenvalue weighted by molar-refractivity contribution is -0.398. The Bertz CT molecular complexity index is 962. The normalized spacial score (nSPS) is 10.6. The zero-order chi connectivity index (χ0) is 20.0. The topological polar surface area (TPSA) is 138 Å². The molecule has 0 unspecified atom stereocenters. The van der Waals surface area contributed by atoms with E-state index in [1.807, 2.05) is 0 Å². The van der Waals surface area contributed by atoms with Gasteiger partial charge >= 0.3 is 0 Å². The molecule has 0 saturated heterocycles. The SMILES string of the molecule is COc1ccc(NC(=O)/C(C#N)=C/c2ccc([O-])c([N+](=O)[O-])c2)cc1OC. The monoisotopic (exact) mass is 368 g/mol. The molecule has 2 aromatic carbocycles. The predicted molar refractivity (Wildman–Crippen MR) is 94.3 cm³/mol. The molecule has 9 heteroatoms. The summed E-state index contributed by atoms with van der Waals surface area (Å²) >= 11 is 0.